The Bertz CT molecular complexity index is 454. The van der Waals surface area contributed by atoms with Gasteiger partial charge in [0.05, 0.1) is 5.69 Å². The number of carbonyl (C=O) groups is 1. The Labute approximate surface area is 101 Å². The van der Waals surface area contributed by atoms with Crippen molar-refractivity contribution in [2.24, 2.45) is 5.92 Å². The van der Waals surface area contributed by atoms with Gasteiger partial charge in [0.15, 0.2) is 0 Å². The maximum atomic E-state index is 13.5. The largest absolute Gasteiger partial charge is 0.323 e. The lowest BCUT2D eigenvalue weighted by atomic mass is 9.93. The fourth-order valence-corrected chi connectivity index (χ4v) is 1.99. The standard InChI is InChI=1S/C14H16FNO/c1-10-7-8-13(12(15)9-10)16-14(17)11-5-3-2-4-6-11/h2-3,7-9,11H,4-6H2,1H3,(H,16,17)/t11-/m0/s1. The van der Waals surface area contributed by atoms with Gasteiger partial charge in [0, 0.05) is 5.92 Å². The van der Waals surface area contributed by atoms with E-state index < -0.39 is 0 Å². The number of amides is 1. The second-order valence-electron chi connectivity index (χ2n) is 4.45. The Balaban J connectivity index is 2.05. The second kappa shape index (κ2) is 5.13. The molecule has 0 aromatic heterocycles. The van der Waals surface area contributed by atoms with Crippen LogP contribution in [0.2, 0.25) is 0 Å². The van der Waals surface area contributed by atoms with Crippen LogP contribution in [0.15, 0.2) is 30.4 Å². The molecule has 0 radical (unpaired) electrons. The molecule has 1 N–H and O–H groups in total. The van der Waals surface area contributed by atoms with E-state index in [9.17, 15) is 9.18 Å². The van der Waals surface area contributed by atoms with E-state index in [4.69, 9.17) is 0 Å². The molecule has 0 fully saturated rings. The van der Waals surface area contributed by atoms with Crippen molar-refractivity contribution in [3.8, 4) is 0 Å². The summed E-state index contributed by atoms with van der Waals surface area (Å²) in [7, 11) is 0. The molecule has 0 spiro atoms. The van der Waals surface area contributed by atoms with Gasteiger partial charge in [0.1, 0.15) is 5.82 Å². The van der Waals surface area contributed by atoms with Crippen molar-refractivity contribution >= 4 is 11.6 Å². The van der Waals surface area contributed by atoms with E-state index in [2.05, 4.69) is 11.4 Å². The Morgan fingerprint density at radius 3 is 2.88 bits per heavy atom. The first-order valence-electron chi connectivity index (χ1n) is 5.89. The van der Waals surface area contributed by atoms with Gasteiger partial charge in [-0.25, -0.2) is 4.39 Å². The minimum atomic E-state index is -0.371. The number of halogens is 1. The summed E-state index contributed by atoms with van der Waals surface area (Å²) < 4.78 is 13.5. The van der Waals surface area contributed by atoms with Gasteiger partial charge in [0.25, 0.3) is 0 Å². The van der Waals surface area contributed by atoms with Gasteiger partial charge < -0.3 is 5.32 Å². The summed E-state index contributed by atoms with van der Waals surface area (Å²) >= 11 is 0. The number of anilines is 1. The van der Waals surface area contributed by atoms with E-state index in [1.807, 2.05) is 13.0 Å². The van der Waals surface area contributed by atoms with Crippen LogP contribution < -0.4 is 5.32 Å². The number of rotatable bonds is 2. The third-order valence-electron chi connectivity index (χ3n) is 3.02. The van der Waals surface area contributed by atoms with Crippen LogP contribution in [0.4, 0.5) is 10.1 Å². The Morgan fingerprint density at radius 1 is 1.41 bits per heavy atom. The van der Waals surface area contributed by atoms with Crippen molar-refractivity contribution in [3.05, 3.63) is 41.7 Å². The van der Waals surface area contributed by atoms with Crippen molar-refractivity contribution in [2.45, 2.75) is 26.2 Å². The second-order valence-corrected chi connectivity index (χ2v) is 4.45. The minimum absolute atomic E-state index is 0.0271. The Kier molecular flexibility index (Phi) is 3.57. The molecule has 2 nitrogen and oxygen atoms in total. The fraction of sp³-hybridized carbons (Fsp3) is 0.357. The van der Waals surface area contributed by atoms with E-state index in [0.717, 1.165) is 24.8 Å². The van der Waals surface area contributed by atoms with Crippen LogP contribution in [0, 0.1) is 18.7 Å². The van der Waals surface area contributed by atoms with Gasteiger partial charge in [-0.1, -0.05) is 18.2 Å². The molecular weight excluding hydrogens is 217 g/mol. The van der Waals surface area contributed by atoms with Crippen LogP contribution in [0.5, 0.6) is 0 Å². The average molecular weight is 233 g/mol. The van der Waals surface area contributed by atoms with Crippen molar-refractivity contribution in [2.75, 3.05) is 5.32 Å². The summed E-state index contributed by atoms with van der Waals surface area (Å²) in [5.74, 6) is -0.484. The van der Waals surface area contributed by atoms with Gasteiger partial charge >= 0.3 is 0 Å². The maximum absolute atomic E-state index is 13.5. The topological polar surface area (TPSA) is 29.1 Å². The predicted molar refractivity (Wildman–Crippen MR) is 66.2 cm³/mol. The summed E-state index contributed by atoms with van der Waals surface area (Å²) in [6.45, 7) is 1.82. The number of nitrogens with one attached hydrogen (secondary N) is 1. The molecule has 1 aromatic rings. The minimum Gasteiger partial charge on any atom is -0.323 e. The third-order valence-corrected chi connectivity index (χ3v) is 3.02. The van der Waals surface area contributed by atoms with Gasteiger partial charge in [-0.05, 0) is 43.9 Å². The van der Waals surface area contributed by atoms with Gasteiger partial charge in [-0.3, -0.25) is 4.79 Å². The quantitative estimate of drug-likeness (QED) is 0.779. The smallest absolute Gasteiger partial charge is 0.227 e. The number of hydrogen-bond acceptors (Lipinski definition) is 1. The van der Waals surface area contributed by atoms with E-state index in [0.29, 0.717) is 0 Å². The fourth-order valence-electron chi connectivity index (χ4n) is 1.99. The summed E-state index contributed by atoms with van der Waals surface area (Å²) in [4.78, 5) is 11.9. The van der Waals surface area contributed by atoms with Gasteiger partial charge in [0.2, 0.25) is 5.91 Å². The molecule has 0 bridgehead atoms. The molecule has 0 aliphatic heterocycles. The van der Waals surface area contributed by atoms with E-state index in [1.54, 1.807) is 12.1 Å². The average Bonchev–Trinajstić information content (AvgIpc) is 2.34. The first-order chi connectivity index (χ1) is 8.16. The SMILES string of the molecule is Cc1ccc(NC(=O)[C@H]2CC=CCC2)c(F)c1. The number of aryl methyl sites for hydroxylation is 1. The van der Waals surface area contributed by atoms with Gasteiger partial charge in [-0.2, -0.15) is 0 Å². The monoisotopic (exact) mass is 233 g/mol. The summed E-state index contributed by atoms with van der Waals surface area (Å²) in [5, 5.41) is 2.66. The van der Waals surface area contributed by atoms with E-state index in [1.165, 1.54) is 6.07 Å². The summed E-state index contributed by atoms with van der Waals surface area (Å²) in [6, 6.07) is 4.83. The third kappa shape index (κ3) is 2.93. The van der Waals surface area contributed by atoms with Crippen LogP contribution in [-0.2, 0) is 4.79 Å². The molecule has 90 valence electrons. The summed E-state index contributed by atoms with van der Waals surface area (Å²) in [6.07, 6.45) is 6.61. The van der Waals surface area contributed by atoms with E-state index >= 15 is 0 Å². The number of hydrogen-bond donors (Lipinski definition) is 1. The number of allylic oxidation sites excluding steroid dienone is 2. The molecule has 1 aliphatic rings. The highest BCUT2D eigenvalue weighted by atomic mass is 19.1. The molecule has 0 saturated heterocycles. The van der Waals surface area contributed by atoms with Crippen molar-refractivity contribution in [1.29, 1.82) is 0 Å². The van der Waals surface area contributed by atoms with Crippen LogP contribution in [0.3, 0.4) is 0 Å². The van der Waals surface area contributed by atoms with Crippen molar-refractivity contribution in [1.82, 2.24) is 0 Å². The molecule has 1 atom stereocenters. The first-order valence-corrected chi connectivity index (χ1v) is 5.89. The lowest BCUT2D eigenvalue weighted by Crippen LogP contribution is -2.24. The van der Waals surface area contributed by atoms with Crippen molar-refractivity contribution < 1.29 is 9.18 Å². The predicted octanol–water partition coefficient (Wildman–Crippen LogP) is 3.43. The zero-order valence-corrected chi connectivity index (χ0v) is 9.87. The molecule has 0 heterocycles. The van der Waals surface area contributed by atoms with Crippen LogP contribution in [0.1, 0.15) is 24.8 Å². The van der Waals surface area contributed by atoms with E-state index in [-0.39, 0.29) is 23.3 Å². The Hall–Kier alpha value is -1.64. The maximum Gasteiger partial charge on any atom is 0.227 e. The molecule has 0 unspecified atom stereocenters. The highest BCUT2D eigenvalue weighted by Gasteiger charge is 2.19. The number of benzene rings is 1. The highest BCUT2D eigenvalue weighted by molar-refractivity contribution is 5.92. The summed E-state index contributed by atoms with van der Waals surface area (Å²) in [5.41, 5.74) is 1.12. The lowest BCUT2D eigenvalue weighted by molar-refractivity contribution is -0.120. The zero-order valence-electron chi connectivity index (χ0n) is 9.87. The molecule has 1 aromatic carbocycles. The van der Waals surface area contributed by atoms with Crippen molar-refractivity contribution in [3.63, 3.8) is 0 Å². The first kappa shape index (κ1) is 11.8. The number of carbonyl (C=O) groups excluding carboxylic acids is 1. The molecule has 1 amide bonds. The molecule has 1 aliphatic carbocycles. The lowest BCUT2D eigenvalue weighted by Gasteiger charge is -2.17. The van der Waals surface area contributed by atoms with Crippen LogP contribution in [-0.4, -0.2) is 5.91 Å². The zero-order chi connectivity index (χ0) is 12.3. The molecule has 0 saturated carbocycles. The van der Waals surface area contributed by atoms with Gasteiger partial charge in [-0.15, -0.1) is 0 Å². The highest BCUT2D eigenvalue weighted by Crippen LogP contribution is 2.21. The Morgan fingerprint density at radius 2 is 2.24 bits per heavy atom. The van der Waals surface area contributed by atoms with Crippen LogP contribution in [0.25, 0.3) is 0 Å². The molecular formula is C14H16FNO. The molecule has 2 rings (SSSR count). The molecule has 17 heavy (non-hydrogen) atoms. The molecule has 3 heteroatoms. The van der Waals surface area contributed by atoms with Crippen LogP contribution >= 0.6 is 0 Å². The normalized spacial score (nSPS) is 19.1.